The van der Waals surface area contributed by atoms with Crippen LogP contribution in [0.5, 0.6) is 5.75 Å². The van der Waals surface area contributed by atoms with Gasteiger partial charge in [0, 0.05) is 12.3 Å². The number of aromatic amines is 1. The van der Waals surface area contributed by atoms with Crippen molar-refractivity contribution in [1.82, 2.24) is 14.6 Å². The van der Waals surface area contributed by atoms with Gasteiger partial charge >= 0.3 is 19.4 Å². The van der Waals surface area contributed by atoms with Crippen molar-refractivity contribution >= 4 is 36.9 Å². The molecule has 3 rings (SSSR count). The van der Waals surface area contributed by atoms with Crippen LogP contribution in [0, 0.1) is 0 Å². The molecule has 0 aliphatic carbocycles. The zero-order valence-corrected chi connectivity index (χ0v) is 22.6. The van der Waals surface area contributed by atoms with Gasteiger partial charge in [-0.05, 0) is 32.4 Å². The molecule has 1 unspecified atom stereocenters. The van der Waals surface area contributed by atoms with E-state index in [2.05, 4.69) is 5.09 Å². The highest BCUT2D eigenvalue weighted by molar-refractivity contribution is 7.52. The highest BCUT2D eigenvalue weighted by Crippen LogP contribution is 2.49. The average molecular weight is 580 g/mol. The molecule has 1 aliphatic heterocycles. The van der Waals surface area contributed by atoms with Gasteiger partial charge in [0.25, 0.3) is 5.56 Å². The minimum Gasteiger partial charge on any atom is -0.462 e. The summed E-state index contributed by atoms with van der Waals surface area (Å²) in [5, 5.41) is 13.2. The van der Waals surface area contributed by atoms with Crippen LogP contribution < -0.4 is 20.9 Å². The number of H-pyrrole nitrogens is 1. The number of ether oxygens (including phenoxy) is 2. The summed E-state index contributed by atoms with van der Waals surface area (Å²) in [4.78, 5) is 38.1. The van der Waals surface area contributed by atoms with Gasteiger partial charge in [0.1, 0.15) is 24.0 Å². The molecule has 0 radical (unpaired) electrons. The van der Waals surface area contributed by atoms with Crippen molar-refractivity contribution in [3.05, 3.63) is 63.4 Å². The van der Waals surface area contributed by atoms with E-state index >= 15 is 0 Å². The first-order valence-electron chi connectivity index (χ1n) is 11.4. The van der Waals surface area contributed by atoms with Crippen molar-refractivity contribution in [2.75, 3.05) is 6.61 Å². The first-order chi connectivity index (χ1) is 17.4. The summed E-state index contributed by atoms with van der Waals surface area (Å²) in [6.45, 7) is 4.42. The SMILES string of the molecule is CC[C@@H](C)OC(=O)[C@H](C)NP(=O)(OC[C@H]1O[C@@H](n2ccc(=O)[nH]c2=O)C(Cl)(Cl)[C@@H]1O)Oc1ccccc1. The Hall–Kier alpha value is -2.18. The molecule has 0 amide bonds. The van der Waals surface area contributed by atoms with Crippen LogP contribution in [-0.4, -0.2) is 55.9 Å². The fraction of sp³-hybridized carbons (Fsp3) is 0.500. The topological polar surface area (TPSA) is 158 Å². The molecule has 2 aromatic rings. The number of benzene rings is 1. The van der Waals surface area contributed by atoms with Crippen LogP contribution in [-0.2, 0) is 23.4 Å². The summed E-state index contributed by atoms with van der Waals surface area (Å²) < 4.78 is 34.6. The maximum absolute atomic E-state index is 13.7. The molecule has 37 heavy (non-hydrogen) atoms. The maximum Gasteiger partial charge on any atom is 0.459 e. The zero-order chi connectivity index (χ0) is 27.4. The third-order valence-corrected chi connectivity index (χ3v) is 7.92. The second kappa shape index (κ2) is 12.1. The maximum atomic E-state index is 13.7. The van der Waals surface area contributed by atoms with E-state index in [0.29, 0.717) is 6.42 Å². The van der Waals surface area contributed by atoms with Gasteiger partial charge < -0.3 is 19.1 Å². The van der Waals surface area contributed by atoms with Gasteiger partial charge in [0.2, 0.25) is 0 Å². The average Bonchev–Trinajstić information content (AvgIpc) is 3.06. The van der Waals surface area contributed by atoms with Crippen LogP contribution >= 0.6 is 30.9 Å². The first kappa shape index (κ1) is 29.4. The van der Waals surface area contributed by atoms with Crippen LogP contribution in [0.4, 0.5) is 0 Å². The molecule has 6 atom stereocenters. The monoisotopic (exact) mass is 579 g/mol. The van der Waals surface area contributed by atoms with Gasteiger partial charge in [-0.25, -0.2) is 9.36 Å². The van der Waals surface area contributed by atoms with Crippen molar-refractivity contribution in [2.24, 2.45) is 0 Å². The predicted molar refractivity (Wildman–Crippen MR) is 135 cm³/mol. The summed E-state index contributed by atoms with van der Waals surface area (Å²) in [7, 11) is -4.28. The zero-order valence-electron chi connectivity index (χ0n) is 20.2. The van der Waals surface area contributed by atoms with Crippen molar-refractivity contribution in [3.63, 3.8) is 0 Å². The number of carbonyl (C=O) groups excluding carboxylic acids is 1. The van der Waals surface area contributed by atoms with E-state index in [1.165, 1.54) is 19.1 Å². The second-order valence-electron chi connectivity index (χ2n) is 8.37. The molecule has 1 fully saturated rings. The third kappa shape index (κ3) is 7.23. The number of carbonyl (C=O) groups is 1. The number of aromatic nitrogens is 2. The Morgan fingerprint density at radius 1 is 1.27 bits per heavy atom. The van der Waals surface area contributed by atoms with Crippen LogP contribution in [0.1, 0.15) is 33.4 Å². The minimum atomic E-state index is -4.28. The van der Waals surface area contributed by atoms with Gasteiger partial charge in [0.15, 0.2) is 10.6 Å². The Morgan fingerprint density at radius 2 is 1.95 bits per heavy atom. The third-order valence-electron chi connectivity index (χ3n) is 5.46. The molecule has 15 heteroatoms. The Bertz CT molecular complexity index is 1240. The van der Waals surface area contributed by atoms with Crippen molar-refractivity contribution in [1.29, 1.82) is 0 Å². The number of alkyl halides is 2. The fourth-order valence-corrected chi connectivity index (χ4v) is 5.37. The molecule has 1 aromatic heterocycles. The van der Waals surface area contributed by atoms with Gasteiger partial charge in [0.05, 0.1) is 12.7 Å². The van der Waals surface area contributed by atoms with Crippen molar-refractivity contribution in [3.8, 4) is 5.75 Å². The van der Waals surface area contributed by atoms with Crippen LogP contribution in [0.2, 0.25) is 0 Å². The Kier molecular flexibility index (Phi) is 9.62. The molecular formula is C22H28Cl2N3O9P. The minimum absolute atomic E-state index is 0.176. The lowest BCUT2D eigenvalue weighted by Crippen LogP contribution is -2.41. The number of halogens is 2. The summed E-state index contributed by atoms with van der Waals surface area (Å²) >= 11 is 12.6. The number of rotatable bonds is 11. The molecule has 2 heterocycles. The lowest BCUT2D eigenvalue weighted by Gasteiger charge is -2.25. The largest absolute Gasteiger partial charge is 0.462 e. The summed E-state index contributed by atoms with van der Waals surface area (Å²) in [6.07, 6.45) is -2.98. The smallest absolute Gasteiger partial charge is 0.459 e. The van der Waals surface area contributed by atoms with Gasteiger partial charge in [-0.15, -0.1) is 0 Å². The Labute approximate surface area is 222 Å². The number of esters is 1. The number of para-hydroxylation sites is 1. The van der Waals surface area contributed by atoms with Crippen molar-refractivity contribution < 1.29 is 33.0 Å². The van der Waals surface area contributed by atoms with E-state index in [-0.39, 0.29) is 11.9 Å². The molecule has 0 bridgehead atoms. The van der Waals surface area contributed by atoms with E-state index in [0.717, 1.165) is 16.8 Å². The first-order valence-corrected chi connectivity index (χ1v) is 13.7. The molecule has 1 saturated heterocycles. The van der Waals surface area contributed by atoms with Crippen LogP contribution in [0.15, 0.2) is 52.2 Å². The molecule has 3 N–H and O–H groups in total. The quantitative estimate of drug-likeness (QED) is 0.205. The molecule has 1 aromatic carbocycles. The van der Waals surface area contributed by atoms with Crippen molar-refractivity contribution in [2.45, 2.75) is 62.1 Å². The Morgan fingerprint density at radius 3 is 2.57 bits per heavy atom. The second-order valence-corrected chi connectivity index (χ2v) is 11.5. The number of nitrogens with zero attached hydrogens (tertiary/aromatic N) is 1. The van der Waals surface area contributed by atoms with Crippen LogP contribution in [0.3, 0.4) is 0 Å². The highest BCUT2D eigenvalue weighted by atomic mass is 35.5. The predicted octanol–water partition coefficient (Wildman–Crippen LogP) is 2.49. The Balaban J connectivity index is 1.79. The van der Waals surface area contributed by atoms with Gasteiger partial charge in [-0.3, -0.25) is 23.7 Å². The summed E-state index contributed by atoms with van der Waals surface area (Å²) in [6, 6.07) is 8.03. The normalized spacial score (nSPS) is 24.1. The molecule has 12 nitrogen and oxygen atoms in total. The van der Waals surface area contributed by atoms with Gasteiger partial charge in [-0.1, -0.05) is 48.3 Å². The lowest BCUT2D eigenvalue weighted by atomic mass is 10.2. The standard InChI is InChI=1S/C22H28Cl2N3O9P/c1-4-13(2)34-19(30)14(3)26-37(32,36-15-8-6-5-7-9-15)33-12-16-18(29)22(23,24)20(35-16)27-11-10-17(28)25-21(27)31/h5-11,13-14,16,18,20,29H,4,12H2,1-3H3,(H,26,32)(H,25,28,31)/t13-,14+,16-,18-,20-,37?/m1/s1. The highest BCUT2D eigenvalue weighted by Gasteiger charge is 2.56. The number of aliphatic hydroxyl groups excluding tert-OH is 1. The molecule has 204 valence electrons. The van der Waals surface area contributed by atoms with E-state index in [9.17, 15) is 24.1 Å². The number of nitrogens with one attached hydrogen (secondary N) is 2. The lowest BCUT2D eigenvalue weighted by molar-refractivity contribution is -0.150. The molecule has 1 aliphatic rings. The van der Waals surface area contributed by atoms with Crippen LogP contribution in [0.25, 0.3) is 0 Å². The van der Waals surface area contributed by atoms with E-state index in [1.807, 2.05) is 11.9 Å². The number of hydrogen-bond acceptors (Lipinski definition) is 9. The molecular weight excluding hydrogens is 552 g/mol. The number of hydrogen-bond donors (Lipinski definition) is 3. The van der Waals surface area contributed by atoms with E-state index < -0.39 is 60.4 Å². The number of aliphatic hydroxyl groups is 1. The fourth-order valence-electron chi connectivity index (χ4n) is 3.27. The summed E-state index contributed by atoms with van der Waals surface area (Å²) in [5.41, 5.74) is -1.52. The molecule has 0 spiro atoms. The van der Waals surface area contributed by atoms with Gasteiger partial charge in [-0.2, -0.15) is 5.09 Å². The molecule has 0 saturated carbocycles. The summed E-state index contributed by atoms with van der Waals surface area (Å²) in [5.74, 6) is -0.500. The van der Waals surface area contributed by atoms with E-state index in [1.54, 1.807) is 25.1 Å². The van der Waals surface area contributed by atoms with E-state index in [4.69, 9.17) is 41.7 Å².